The van der Waals surface area contributed by atoms with E-state index < -0.39 is 0 Å². The Morgan fingerprint density at radius 3 is 2.29 bits per heavy atom. The highest BCUT2D eigenvalue weighted by molar-refractivity contribution is 5.73. The van der Waals surface area contributed by atoms with Gasteiger partial charge in [-0.15, -0.1) is 0 Å². The van der Waals surface area contributed by atoms with Gasteiger partial charge in [-0.05, 0) is 45.2 Å². The van der Waals surface area contributed by atoms with Crippen LogP contribution in [0.2, 0.25) is 0 Å². The fourth-order valence-electron chi connectivity index (χ4n) is 3.90. The van der Waals surface area contributed by atoms with Gasteiger partial charge in [0.25, 0.3) is 0 Å². The van der Waals surface area contributed by atoms with Crippen molar-refractivity contribution in [2.24, 2.45) is 0 Å². The van der Waals surface area contributed by atoms with Gasteiger partial charge in [-0.1, -0.05) is 47.5 Å². The van der Waals surface area contributed by atoms with E-state index >= 15 is 0 Å². The number of benzene rings is 2. The average Bonchev–Trinajstić information content (AvgIpc) is 3.07. The number of fused-ring (bicyclic) bond motifs is 1. The number of nitrogens with zero attached hydrogens (tertiary/aromatic N) is 3. The lowest BCUT2D eigenvalue weighted by atomic mass is 9.89. The lowest BCUT2D eigenvalue weighted by Gasteiger charge is -2.28. The Hall–Kier alpha value is -2.92. The molecule has 0 saturated carbocycles. The largest absolute Gasteiger partial charge is 0.286 e. The number of carbonyl (C=O) groups excluding carboxylic acids is 1. The predicted octanol–water partition coefficient (Wildman–Crippen LogP) is 4.25. The van der Waals surface area contributed by atoms with Crippen molar-refractivity contribution in [1.82, 2.24) is 14.8 Å². The Labute approximate surface area is 165 Å². The summed E-state index contributed by atoms with van der Waals surface area (Å²) >= 11 is 0. The fourth-order valence-corrected chi connectivity index (χ4v) is 3.90. The SMILES string of the molecule is CC(=O)N(O)C1CCc2nn(-c3ccc(C)cc3)c(-c3ccc(C)cc3)c2C1. The maximum atomic E-state index is 11.7. The van der Waals surface area contributed by atoms with E-state index in [-0.39, 0.29) is 11.9 Å². The van der Waals surface area contributed by atoms with Gasteiger partial charge in [0.2, 0.25) is 5.91 Å². The first-order valence-electron chi connectivity index (χ1n) is 9.67. The summed E-state index contributed by atoms with van der Waals surface area (Å²) in [6.45, 7) is 5.54. The van der Waals surface area contributed by atoms with Crippen molar-refractivity contribution in [2.75, 3.05) is 0 Å². The molecule has 5 heteroatoms. The van der Waals surface area contributed by atoms with Crippen LogP contribution in [0.25, 0.3) is 16.9 Å². The fraction of sp³-hybridized carbons (Fsp3) is 0.304. The molecule has 0 radical (unpaired) electrons. The topological polar surface area (TPSA) is 58.4 Å². The molecule has 1 N–H and O–H groups in total. The molecule has 1 amide bonds. The second-order valence-corrected chi connectivity index (χ2v) is 7.65. The van der Waals surface area contributed by atoms with Crippen molar-refractivity contribution in [3.63, 3.8) is 0 Å². The summed E-state index contributed by atoms with van der Waals surface area (Å²) in [5, 5.41) is 16.0. The smallest absolute Gasteiger partial charge is 0.243 e. The van der Waals surface area contributed by atoms with Crippen LogP contribution in [0.4, 0.5) is 0 Å². The van der Waals surface area contributed by atoms with Gasteiger partial charge in [0.1, 0.15) is 0 Å². The first kappa shape index (κ1) is 18.4. The van der Waals surface area contributed by atoms with Crippen LogP contribution in [-0.4, -0.2) is 32.0 Å². The van der Waals surface area contributed by atoms with Crippen LogP contribution in [0.15, 0.2) is 48.5 Å². The molecule has 2 aromatic carbocycles. The van der Waals surface area contributed by atoms with E-state index in [9.17, 15) is 10.0 Å². The van der Waals surface area contributed by atoms with Gasteiger partial charge in [-0.25, -0.2) is 9.75 Å². The highest BCUT2D eigenvalue weighted by atomic mass is 16.5. The minimum Gasteiger partial charge on any atom is -0.286 e. The van der Waals surface area contributed by atoms with Gasteiger partial charge in [-0.3, -0.25) is 10.0 Å². The number of carbonyl (C=O) groups is 1. The van der Waals surface area contributed by atoms with Crippen LogP contribution in [-0.2, 0) is 17.6 Å². The molecule has 0 spiro atoms. The Morgan fingerprint density at radius 1 is 1.07 bits per heavy atom. The third-order valence-electron chi connectivity index (χ3n) is 5.49. The molecule has 0 fully saturated rings. The van der Waals surface area contributed by atoms with Gasteiger partial charge >= 0.3 is 0 Å². The van der Waals surface area contributed by atoms with Gasteiger partial charge in [0.15, 0.2) is 0 Å². The molecular weight excluding hydrogens is 350 g/mol. The molecule has 0 saturated heterocycles. The molecule has 1 unspecified atom stereocenters. The molecular formula is C23H25N3O2. The van der Waals surface area contributed by atoms with E-state index in [0.29, 0.717) is 12.8 Å². The zero-order valence-corrected chi connectivity index (χ0v) is 16.5. The normalized spacial score (nSPS) is 15.9. The molecule has 5 nitrogen and oxygen atoms in total. The first-order valence-corrected chi connectivity index (χ1v) is 9.67. The second-order valence-electron chi connectivity index (χ2n) is 7.65. The third kappa shape index (κ3) is 3.34. The summed E-state index contributed by atoms with van der Waals surface area (Å²) < 4.78 is 2.01. The molecule has 3 aromatic rings. The summed E-state index contributed by atoms with van der Waals surface area (Å²) in [5.41, 5.74) is 7.71. The number of rotatable bonds is 3. The van der Waals surface area contributed by atoms with Crippen LogP contribution in [0.3, 0.4) is 0 Å². The summed E-state index contributed by atoms with van der Waals surface area (Å²) in [6.07, 6.45) is 2.05. The highest BCUT2D eigenvalue weighted by Gasteiger charge is 2.31. The number of amides is 1. The van der Waals surface area contributed by atoms with Crippen LogP contribution >= 0.6 is 0 Å². The monoisotopic (exact) mass is 375 g/mol. The molecule has 0 aliphatic heterocycles. The number of hydrogen-bond donors (Lipinski definition) is 1. The number of hydroxylamine groups is 2. The van der Waals surface area contributed by atoms with E-state index in [4.69, 9.17) is 5.10 Å². The first-order chi connectivity index (χ1) is 13.4. The molecule has 0 bridgehead atoms. The average molecular weight is 375 g/mol. The summed E-state index contributed by atoms with van der Waals surface area (Å²) in [5.74, 6) is -0.323. The lowest BCUT2D eigenvalue weighted by Crippen LogP contribution is -2.39. The number of aryl methyl sites for hydroxylation is 3. The van der Waals surface area contributed by atoms with E-state index in [1.807, 2.05) is 4.68 Å². The third-order valence-corrected chi connectivity index (χ3v) is 5.49. The molecule has 1 atom stereocenters. The Morgan fingerprint density at radius 2 is 1.68 bits per heavy atom. The Bertz CT molecular complexity index is 1000. The molecule has 1 aromatic heterocycles. The predicted molar refractivity (Wildman–Crippen MR) is 109 cm³/mol. The highest BCUT2D eigenvalue weighted by Crippen LogP contribution is 2.35. The van der Waals surface area contributed by atoms with Crippen molar-refractivity contribution in [3.8, 4) is 16.9 Å². The van der Waals surface area contributed by atoms with Gasteiger partial charge < -0.3 is 0 Å². The molecule has 28 heavy (non-hydrogen) atoms. The molecule has 1 aliphatic rings. The zero-order chi connectivity index (χ0) is 19.8. The van der Waals surface area contributed by atoms with Gasteiger partial charge in [0.05, 0.1) is 23.1 Å². The maximum absolute atomic E-state index is 11.7. The number of hydrogen-bond acceptors (Lipinski definition) is 3. The second kappa shape index (κ2) is 7.24. The molecule has 1 heterocycles. The summed E-state index contributed by atoms with van der Waals surface area (Å²) in [6, 6.07) is 16.5. The van der Waals surface area contributed by atoms with Crippen LogP contribution < -0.4 is 0 Å². The maximum Gasteiger partial charge on any atom is 0.243 e. The van der Waals surface area contributed by atoms with E-state index in [2.05, 4.69) is 62.4 Å². The quantitative estimate of drug-likeness (QED) is 0.550. The lowest BCUT2D eigenvalue weighted by molar-refractivity contribution is -0.174. The minimum absolute atomic E-state index is 0.218. The molecule has 4 rings (SSSR count). The van der Waals surface area contributed by atoms with Crippen LogP contribution in [0.5, 0.6) is 0 Å². The van der Waals surface area contributed by atoms with Crippen molar-refractivity contribution < 1.29 is 10.0 Å². The van der Waals surface area contributed by atoms with Crippen molar-refractivity contribution >= 4 is 5.91 Å². The van der Waals surface area contributed by atoms with E-state index in [1.54, 1.807) is 0 Å². The standard InChI is InChI=1S/C23H25N3O2/c1-15-4-8-18(9-5-15)23-21-14-20(26(28)17(3)27)12-13-22(21)24-25(23)19-10-6-16(2)7-11-19/h4-11,20,28H,12-14H2,1-3H3. The molecule has 1 aliphatic carbocycles. The van der Waals surface area contributed by atoms with Crippen LogP contribution in [0.1, 0.15) is 35.7 Å². The zero-order valence-electron chi connectivity index (χ0n) is 16.5. The van der Waals surface area contributed by atoms with E-state index in [0.717, 1.165) is 39.7 Å². The summed E-state index contributed by atoms with van der Waals surface area (Å²) in [7, 11) is 0. The van der Waals surface area contributed by atoms with Gasteiger partial charge in [0, 0.05) is 18.1 Å². The van der Waals surface area contributed by atoms with Crippen molar-refractivity contribution in [3.05, 3.63) is 70.9 Å². The Kier molecular flexibility index (Phi) is 4.77. The minimum atomic E-state index is -0.323. The summed E-state index contributed by atoms with van der Waals surface area (Å²) in [4.78, 5) is 11.7. The number of aromatic nitrogens is 2. The van der Waals surface area contributed by atoms with Crippen LogP contribution in [0, 0.1) is 13.8 Å². The van der Waals surface area contributed by atoms with Crippen molar-refractivity contribution in [2.45, 2.75) is 46.1 Å². The van der Waals surface area contributed by atoms with Crippen molar-refractivity contribution in [1.29, 1.82) is 0 Å². The van der Waals surface area contributed by atoms with Gasteiger partial charge in [-0.2, -0.15) is 5.10 Å². The van der Waals surface area contributed by atoms with E-state index in [1.165, 1.54) is 18.1 Å². The Balaban J connectivity index is 1.85. The molecule has 144 valence electrons.